The Labute approximate surface area is 119 Å². The Morgan fingerprint density at radius 1 is 1.32 bits per heavy atom. The van der Waals surface area contributed by atoms with Gasteiger partial charge in [-0.15, -0.1) is 6.42 Å². The summed E-state index contributed by atoms with van der Waals surface area (Å²) in [5.74, 6) is 2.74. The van der Waals surface area contributed by atoms with Gasteiger partial charge in [0.15, 0.2) is 0 Å². The van der Waals surface area contributed by atoms with Crippen molar-refractivity contribution >= 4 is 17.0 Å². The highest BCUT2D eigenvalue weighted by Crippen LogP contribution is 2.22. The number of hydrogen-bond acceptors (Lipinski definition) is 2. The van der Waals surface area contributed by atoms with Crippen LogP contribution in [0.5, 0.6) is 0 Å². The number of terminal acetylenes is 1. The van der Waals surface area contributed by atoms with Crippen LogP contribution < -0.4 is 0 Å². The highest BCUT2D eigenvalue weighted by molar-refractivity contribution is 8.14. The third kappa shape index (κ3) is 4.33. The van der Waals surface area contributed by atoms with Gasteiger partial charge in [0.05, 0.1) is 5.25 Å². The first-order valence-corrected chi connectivity index (χ1v) is 7.63. The minimum atomic E-state index is -0.0201. The lowest BCUT2D eigenvalue weighted by atomic mass is 10.1. The summed E-state index contributed by atoms with van der Waals surface area (Å²) in [6.45, 7) is 1.78. The smallest absolute Gasteiger partial charge is 0.282 e. The fraction of sp³-hybridized carbons (Fsp3) is 0.438. The lowest BCUT2D eigenvalue weighted by Gasteiger charge is -2.17. The first-order valence-electron chi connectivity index (χ1n) is 6.75. The van der Waals surface area contributed by atoms with E-state index in [9.17, 15) is 4.79 Å². The van der Waals surface area contributed by atoms with E-state index in [1.54, 1.807) is 0 Å². The number of likely N-dealkylation sites (tertiary alicyclic amines) is 1. The number of carbonyl (C=O) groups is 1. The average Bonchev–Trinajstić information content (AvgIpc) is 2.98. The van der Waals surface area contributed by atoms with Crippen LogP contribution in [0.15, 0.2) is 30.3 Å². The molecule has 1 aromatic carbocycles. The van der Waals surface area contributed by atoms with Crippen molar-refractivity contribution in [3.63, 3.8) is 0 Å². The minimum Gasteiger partial charge on any atom is -0.334 e. The molecule has 1 aliphatic rings. The lowest BCUT2D eigenvalue weighted by molar-refractivity contribution is 0.233. The second-order valence-corrected chi connectivity index (χ2v) is 5.91. The van der Waals surface area contributed by atoms with Crippen molar-refractivity contribution in [3.05, 3.63) is 35.9 Å². The Morgan fingerprint density at radius 2 is 2.00 bits per heavy atom. The molecule has 0 bridgehead atoms. The van der Waals surface area contributed by atoms with E-state index in [0.717, 1.165) is 38.8 Å². The summed E-state index contributed by atoms with van der Waals surface area (Å²) in [6, 6.07) is 10.3. The van der Waals surface area contributed by atoms with Gasteiger partial charge in [-0.3, -0.25) is 4.79 Å². The molecule has 1 heterocycles. The summed E-state index contributed by atoms with van der Waals surface area (Å²) in [5.41, 5.74) is 1.27. The molecule has 1 saturated heterocycles. The van der Waals surface area contributed by atoms with E-state index in [4.69, 9.17) is 6.42 Å². The van der Waals surface area contributed by atoms with E-state index in [1.165, 1.54) is 17.3 Å². The molecule has 3 heteroatoms. The van der Waals surface area contributed by atoms with E-state index >= 15 is 0 Å². The minimum absolute atomic E-state index is 0.0201. The fourth-order valence-electron chi connectivity index (χ4n) is 2.21. The number of hydrogen-bond donors (Lipinski definition) is 0. The van der Waals surface area contributed by atoms with E-state index in [2.05, 4.69) is 18.1 Å². The summed E-state index contributed by atoms with van der Waals surface area (Å²) in [4.78, 5) is 13.9. The zero-order valence-corrected chi connectivity index (χ0v) is 11.9. The molecule has 19 heavy (non-hydrogen) atoms. The van der Waals surface area contributed by atoms with Crippen LogP contribution in [0.1, 0.15) is 24.8 Å². The Morgan fingerprint density at radius 3 is 2.63 bits per heavy atom. The first kappa shape index (κ1) is 14.0. The largest absolute Gasteiger partial charge is 0.334 e. The maximum absolute atomic E-state index is 12.0. The number of aryl methyl sites for hydroxylation is 1. The summed E-state index contributed by atoms with van der Waals surface area (Å²) in [7, 11) is 0. The van der Waals surface area contributed by atoms with Crippen LogP contribution in [0, 0.1) is 12.3 Å². The highest BCUT2D eigenvalue weighted by atomic mass is 32.2. The van der Waals surface area contributed by atoms with Crippen molar-refractivity contribution in [2.45, 2.75) is 30.9 Å². The number of amides is 1. The van der Waals surface area contributed by atoms with E-state index in [1.807, 2.05) is 23.1 Å². The van der Waals surface area contributed by atoms with Crippen LogP contribution in [0.3, 0.4) is 0 Å². The predicted octanol–water partition coefficient (Wildman–Crippen LogP) is 3.57. The van der Waals surface area contributed by atoms with Crippen LogP contribution in [0.25, 0.3) is 0 Å². The normalized spacial score (nSPS) is 16.1. The standard InChI is InChI=1S/C16H19NOS/c1-2-15(11-10-14-8-4-3-5-9-14)19-16(18)17-12-6-7-13-17/h1,3-5,8-9,15H,6-7,10-13H2. The SMILES string of the molecule is C#CC(CCc1ccccc1)SC(=O)N1CCCC1. The Balaban J connectivity index is 1.80. The lowest BCUT2D eigenvalue weighted by Crippen LogP contribution is -2.25. The topological polar surface area (TPSA) is 20.3 Å². The third-order valence-electron chi connectivity index (χ3n) is 3.33. The maximum Gasteiger partial charge on any atom is 0.282 e. The van der Waals surface area contributed by atoms with Gasteiger partial charge < -0.3 is 4.90 Å². The summed E-state index contributed by atoms with van der Waals surface area (Å²) in [6.07, 6.45) is 9.56. The number of thioether (sulfide) groups is 1. The van der Waals surface area contributed by atoms with Gasteiger partial charge in [-0.05, 0) is 43.0 Å². The molecule has 2 rings (SSSR count). The van der Waals surface area contributed by atoms with Gasteiger partial charge in [-0.1, -0.05) is 36.3 Å². The molecular weight excluding hydrogens is 254 g/mol. The van der Waals surface area contributed by atoms with E-state index < -0.39 is 0 Å². The third-order valence-corrected chi connectivity index (χ3v) is 4.45. The Bertz CT molecular complexity index is 446. The average molecular weight is 273 g/mol. The van der Waals surface area contributed by atoms with Gasteiger partial charge in [0.2, 0.25) is 0 Å². The predicted molar refractivity (Wildman–Crippen MR) is 81.2 cm³/mol. The van der Waals surface area contributed by atoms with Crippen LogP contribution in [-0.2, 0) is 6.42 Å². The van der Waals surface area contributed by atoms with Crippen LogP contribution in [-0.4, -0.2) is 28.5 Å². The van der Waals surface area contributed by atoms with Gasteiger partial charge >= 0.3 is 0 Å². The molecular formula is C16H19NOS. The second kappa shape index (κ2) is 7.25. The van der Waals surface area contributed by atoms with Gasteiger partial charge in [0.25, 0.3) is 5.24 Å². The van der Waals surface area contributed by atoms with Crippen molar-refractivity contribution < 1.29 is 4.79 Å². The number of nitrogens with zero attached hydrogens (tertiary/aromatic N) is 1. The molecule has 2 nitrogen and oxygen atoms in total. The number of rotatable bonds is 4. The van der Waals surface area contributed by atoms with Gasteiger partial charge in [-0.25, -0.2) is 0 Å². The fourth-order valence-corrected chi connectivity index (χ4v) is 3.09. The van der Waals surface area contributed by atoms with Crippen LogP contribution in [0.2, 0.25) is 0 Å². The monoisotopic (exact) mass is 273 g/mol. The van der Waals surface area contributed by atoms with Crippen molar-refractivity contribution in [1.29, 1.82) is 0 Å². The zero-order chi connectivity index (χ0) is 13.5. The van der Waals surface area contributed by atoms with Crippen molar-refractivity contribution in [1.82, 2.24) is 4.90 Å². The molecule has 100 valence electrons. The molecule has 0 N–H and O–H groups in total. The molecule has 0 saturated carbocycles. The zero-order valence-electron chi connectivity index (χ0n) is 11.0. The Kier molecular flexibility index (Phi) is 5.35. The molecule has 1 fully saturated rings. The molecule has 0 aromatic heterocycles. The van der Waals surface area contributed by atoms with Gasteiger partial charge in [0, 0.05) is 13.1 Å². The maximum atomic E-state index is 12.0. The first-order chi connectivity index (χ1) is 9.29. The van der Waals surface area contributed by atoms with Crippen molar-refractivity contribution in [2.24, 2.45) is 0 Å². The molecule has 1 amide bonds. The molecule has 1 atom stereocenters. The molecule has 0 radical (unpaired) electrons. The van der Waals surface area contributed by atoms with Crippen molar-refractivity contribution in [2.75, 3.05) is 13.1 Å². The summed E-state index contributed by atoms with van der Waals surface area (Å²) < 4.78 is 0. The molecule has 0 spiro atoms. The van der Waals surface area contributed by atoms with Crippen molar-refractivity contribution in [3.8, 4) is 12.3 Å². The second-order valence-electron chi connectivity index (χ2n) is 4.76. The number of benzene rings is 1. The van der Waals surface area contributed by atoms with Crippen LogP contribution >= 0.6 is 11.8 Å². The molecule has 1 aromatic rings. The summed E-state index contributed by atoms with van der Waals surface area (Å²) in [5, 5.41) is 0.127. The summed E-state index contributed by atoms with van der Waals surface area (Å²) >= 11 is 1.31. The van der Waals surface area contributed by atoms with Gasteiger partial charge in [0.1, 0.15) is 0 Å². The van der Waals surface area contributed by atoms with E-state index in [-0.39, 0.29) is 10.5 Å². The van der Waals surface area contributed by atoms with E-state index in [0.29, 0.717) is 0 Å². The number of carbonyl (C=O) groups excluding carboxylic acids is 1. The highest BCUT2D eigenvalue weighted by Gasteiger charge is 2.21. The molecule has 0 aliphatic carbocycles. The molecule has 1 aliphatic heterocycles. The van der Waals surface area contributed by atoms with Gasteiger partial charge in [-0.2, -0.15) is 0 Å². The van der Waals surface area contributed by atoms with Crippen LogP contribution in [0.4, 0.5) is 4.79 Å². The quantitative estimate of drug-likeness (QED) is 0.782. The Hall–Kier alpha value is -1.40. The molecule has 1 unspecified atom stereocenters.